The van der Waals surface area contributed by atoms with Crippen LogP contribution in [0.15, 0.2) is 58.5 Å². The van der Waals surface area contributed by atoms with Crippen molar-refractivity contribution in [3.05, 3.63) is 70.3 Å². The van der Waals surface area contributed by atoms with Crippen LogP contribution in [0.3, 0.4) is 0 Å². The van der Waals surface area contributed by atoms with Crippen LogP contribution in [-0.4, -0.2) is 35.8 Å². The topological polar surface area (TPSA) is 83.1 Å². The molecule has 1 N–H and O–H groups in total. The van der Waals surface area contributed by atoms with Gasteiger partial charge in [-0.2, -0.15) is 4.31 Å². The third-order valence-corrected chi connectivity index (χ3v) is 6.51. The van der Waals surface area contributed by atoms with Crippen molar-refractivity contribution < 1.29 is 8.42 Å². The van der Waals surface area contributed by atoms with Crippen molar-refractivity contribution in [3.8, 4) is 0 Å². The fraction of sp³-hybridized carbons (Fsp3) is 0.222. The zero-order valence-corrected chi connectivity index (χ0v) is 14.5. The SMILES string of the molecule is Cc1cc(=O)[nH]c2ccc(S(=O)(=O)N3CC(c4ccncc4)C3)cc12. The molecule has 4 rings (SSSR count). The number of hydrogen-bond donors (Lipinski definition) is 1. The third kappa shape index (κ3) is 2.75. The first kappa shape index (κ1) is 16.0. The van der Waals surface area contributed by atoms with Gasteiger partial charge in [-0.05, 0) is 48.4 Å². The van der Waals surface area contributed by atoms with Crippen molar-refractivity contribution in [2.45, 2.75) is 17.7 Å². The Hall–Kier alpha value is -2.51. The van der Waals surface area contributed by atoms with E-state index in [1.54, 1.807) is 37.5 Å². The number of H-pyrrole nitrogens is 1. The molecule has 1 aliphatic rings. The van der Waals surface area contributed by atoms with E-state index in [2.05, 4.69) is 9.97 Å². The van der Waals surface area contributed by atoms with E-state index in [0.717, 1.165) is 16.5 Å². The first-order chi connectivity index (χ1) is 11.9. The van der Waals surface area contributed by atoms with E-state index in [9.17, 15) is 13.2 Å². The molecule has 2 aromatic heterocycles. The second-order valence-electron chi connectivity index (χ2n) is 6.32. The van der Waals surface area contributed by atoms with Gasteiger partial charge < -0.3 is 4.98 Å². The minimum atomic E-state index is -3.54. The number of rotatable bonds is 3. The number of hydrogen-bond acceptors (Lipinski definition) is 4. The summed E-state index contributed by atoms with van der Waals surface area (Å²) >= 11 is 0. The van der Waals surface area contributed by atoms with Crippen molar-refractivity contribution in [2.24, 2.45) is 0 Å². The van der Waals surface area contributed by atoms with E-state index in [-0.39, 0.29) is 16.4 Å². The lowest BCUT2D eigenvalue weighted by Gasteiger charge is -2.38. The molecule has 0 spiro atoms. The summed E-state index contributed by atoms with van der Waals surface area (Å²) in [4.78, 5) is 18.5. The molecule has 0 bridgehead atoms. The molecule has 0 unspecified atom stereocenters. The van der Waals surface area contributed by atoms with Gasteiger partial charge >= 0.3 is 0 Å². The van der Waals surface area contributed by atoms with Crippen molar-refractivity contribution in [3.63, 3.8) is 0 Å². The van der Waals surface area contributed by atoms with Gasteiger partial charge in [-0.1, -0.05) is 0 Å². The van der Waals surface area contributed by atoms with Gasteiger partial charge in [0, 0.05) is 48.4 Å². The van der Waals surface area contributed by atoms with E-state index in [0.29, 0.717) is 18.6 Å². The number of aromatic nitrogens is 2. The molecule has 1 aromatic carbocycles. The Morgan fingerprint density at radius 2 is 1.84 bits per heavy atom. The summed E-state index contributed by atoms with van der Waals surface area (Å²) in [6.07, 6.45) is 3.44. The van der Waals surface area contributed by atoms with Crippen LogP contribution in [0.1, 0.15) is 17.0 Å². The first-order valence-corrected chi connectivity index (χ1v) is 9.43. The largest absolute Gasteiger partial charge is 0.322 e. The molecule has 0 saturated carbocycles. The van der Waals surface area contributed by atoms with Crippen molar-refractivity contribution in [1.29, 1.82) is 0 Å². The van der Waals surface area contributed by atoms with Gasteiger partial charge in [-0.15, -0.1) is 0 Å². The fourth-order valence-electron chi connectivity index (χ4n) is 3.19. The van der Waals surface area contributed by atoms with Gasteiger partial charge in [-0.25, -0.2) is 8.42 Å². The molecule has 0 amide bonds. The smallest absolute Gasteiger partial charge is 0.248 e. The number of fused-ring (bicyclic) bond motifs is 1. The molecule has 0 aliphatic carbocycles. The fourth-order valence-corrected chi connectivity index (χ4v) is 4.75. The zero-order valence-electron chi connectivity index (χ0n) is 13.6. The summed E-state index contributed by atoms with van der Waals surface area (Å²) in [5.74, 6) is 0.205. The number of nitrogens with one attached hydrogen (secondary N) is 1. The molecule has 1 saturated heterocycles. The minimum absolute atomic E-state index is 0.191. The molecule has 7 heteroatoms. The molecule has 128 valence electrons. The summed E-state index contributed by atoms with van der Waals surface area (Å²) in [6.45, 7) is 2.74. The standard InChI is InChI=1S/C18H17N3O3S/c1-12-8-18(22)20-17-3-2-15(9-16(12)17)25(23,24)21-10-14(11-21)13-4-6-19-7-5-13/h2-9,14H,10-11H2,1H3,(H,20,22). The average Bonchev–Trinajstić information content (AvgIpc) is 2.53. The predicted octanol–water partition coefficient (Wildman–Crippen LogP) is 2.02. The molecular formula is C18H17N3O3S. The lowest BCUT2D eigenvalue weighted by atomic mass is 9.95. The maximum Gasteiger partial charge on any atom is 0.248 e. The van der Waals surface area contributed by atoms with Gasteiger partial charge in [0.2, 0.25) is 15.6 Å². The Labute approximate surface area is 145 Å². The highest BCUT2D eigenvalue weighted by atomic mass is 32.2. The van der Waals surface area contributed by atoms with Gasteiger partial charge in [0.15, 0.2) is 0 Å². The van der Waals surface area contributed by atoms with Crippen LogP contribution in [0.5, 0.6) is 0 Å². The number of pyridine rings is 2. The second kappa shape index (κ2) is 5.79. The molecule has 0 radical (unpaired) electrons. The number of aromatic amines is 1. The third-order valence-electron chi connectivity index (χ3n) is 4.68. The van der Waals surface area contributed by atoms with E-state index in [4.69, 9.17) is 0 Å². The Bertz CT molecular complexity index is 1100. The van der Waals surface area contributed by atoms with Crippen LogP contribution in [0.25, 0.3) is 10.9 Å². The van der Waals surface area contributed by atoms with E-state index >= 15 is 0 Å². The molecule has 1 fully saturated rings. The van der Waals surface area contributed by atoms with Gasteiger partial charge in [0.25, 0.3) is 0 Å². The van der Waals surface area contributed by atoms with Crippen molar-refractivity contribution >= 4 is 20.9 Å². The molecule has 6 nitrogen and oxygen atoms in total. The van der Waals surface area contributed by atoms with Gasteiger partial charge in [0.05, 0.1) is 4.90 Å². The molecule has 3 aromatic rings. The highest BCUT2D eigenvalue weighted by Gasteiger charge is 2.37. The summed E-state index contributed by atoms with van der Waals surface area (Å²) in [7, 11) is -3.54. The van der Waals surface area contributed by atoms with E-state index in [1.165, 1.54) is 10.4 Å². The molecular weight excluding hydrogens is 338 g/mol. The van der Waals surface area contributed by atoms with E-state index < -0.39 is 10.0 Å². The monoisotopic (exact) mass is 355 g/mol. The normalized spacial score (nSPS) is 16.0. The van der Waals surface area contributed by atoms with Crippen molar-refractivity contribution in [2.75, 3.05) is 13.1 Å². The minimum Gasteiger partial charge on any atom is -0.322 e. The second-order valence-corrected chi connectivity index (χ2v) is 8.26. The molecule has 0 atom stereocenters. The summed E-state index contributed by atoms with van der Waals surface area (Å²) in [5.41, 5.74) is 2.31. The Morgan fingerprint density at radius 3 is 2.56 bits per heavy atom. The van der Waals surface area contributed by atoms with Crippen LogP contribution >= 0.6 is 0 Å². The van der Waals surface area contributed by atoms with Crippen LogP contribution in [0, 0.1) is 6.92 Å². The Morgan fingerprint density at radius 1 is 1.12 bits per heavy atom. The zero-order chi connectivity index (χ0) is 17.6. The lowest BCUT2D eigenvalue weighted by Crippen LogP contribution is -2.48. The molecule has 1 aliphatic heterocycles. The maximum atomic E-state index is 12.9. The van der Waals surface area contributed by atoms with Gasteiger partial charge in [0.1, 0.15) is 0 Å². The van der Waals surface area contributed by atoms with Gasteiger partial charge in [-0.3, -0.25) is 9.78 Å². The summed E-state index contributed by atoms with van der Waals surface area (Å²) in [6, 6.07) is 10.1. The average molecular weight is 355 g/mol. The molecule has 3 heterocycles. The van der Waals surface area contributed by atoms with E-state index in [1.807, 2.05) is 12.1 Å². The first-order valence-electron chi connectivity index (χ1n) is 7.99. The van der Waals surface area contributed by atoms with Crippen LogP contribution in [0.4, 0.5) is 0 Å². The lowest BCUT2D eigenvalue weighted by molar-refractivity contribution is 0.264. The van der Waals surface area contributed by atoms with Crippen LogP contribution in [0.2, 0.25) is 0 Å². The quantitative estimate of drug-likeness (QED) is 0.779. The van der Waals surface area contributed by atoms with Crippen LogP contribution in [-0.2, 0) is 10.0 Å². The summed E-state index contributed by atoms with van der Waals surface area (Å²) < 4.78 is 27.2. The number of aryl methyl sites for hydroxylation is 1. The Kier molecular flexibility index (Phi) is 3.70. The Balaban J connectivity index is 1.63. The van der Waals surface area contributed by atoms with Crippen LogP contribution < -0.4 is 5.56 Å². The predicted molar refractivity (Wildman–Crippen MR) is 95.0 cm³/mol. The van der Waals surface area contributed by atoms with Crippen molar-refractivity contribution in [1.82, 2.24) is 14.3 Å². The highest BCUT2D eigenvalue weighted by molar-refractivity contribution is 7.89. The maximum absolute atomic E-state index is 12.9. The number of benzene rings is 1. The molecule has 25 heavy (non-hydrogen) atoms. The number of nitrogens with zero attached hydrogens (tertiary/aromatic N) is 2. The number of sulfonamides is 1. The highest BCUT2D eigenvalue weighted by Crippen LogP contribution is 2.32. The summed E-state index contributed by atoms with van der Waals surface area (Å²) in [5, 5.41) is 0.742.